The predicted molar refractivity (Wildman–Crippen MR) is 163 cm³/mol. The van der Waals surface area contributed by atoms with Crippen molar-refractivity contribution in [2.75, 3.05) is 57.5 Å². The van der Waals surface area contributed by atoms with E-state index < -0.39 is 23.3 Å². The Kier molecular flexibility index (Phi) is 7.91. The van der Waals surface area contributed by atoms with Gasteiger partial charge in [0.2, 0.25) is 0 Å². The predicted octanol–water partition coefficient (Wildman–Crippen LogP) is 4.79. The van der Waals surface area contributed by atoms with Gasteiger partial charge in [0.1, 0.15) is 41.4 Å². The van der Waals surface area contributed by atoms with E-state index in [0.717, 1.165) is 19.4 Å². The highest BCUT2D eigenvalue weighted by Crippen LogP contribution is 2.42. The molecule has 2 aromatic heterocycles. The van der Waals surface area contributed by atoms with E-state index in [2.05, 4.69) is 14.9 Å². The number of hydrogen-bond donors (Lipinski definition) is 2. The van der Waals surface area contributed by atoms with Crippen LogP contribution in [0.1, 0.15) is 31.7 Å². The summed E-state index contributed by atoms with van der Waals surface area (Å²) in [6.45, 7) is 4.64. The van der Waals surface area contributed by atoms with Crippen molar-refractivity contribution in [1.29, 1.82) is 0 Å². The van der Waals surface area contributed by atoms with Gasteiger partial charge in [-0.15, -0.1) is 0 Å². The molecule has 1 unspecified atom stereocenters. The van der Waals surface area contributed by atoms with Crippen LogP contribution in [0.4, 0.5) is 19.0 Å². The number of anilines is 1. The standard InChI is InChI=1S/C33H36F3N5O4/c1-2-23-26(35)5-4-20-10-22(43)11-24(27(20)23)29-28(36)30-25(13-37-29)31(40-8-9-44-17-19(14-40)16-42)39-32(38-30)45-18-33-6-3-7-41(33)15-21(34)12-33/h4-5,10-11,13,19,21,42-43H,2-3,6-9,12,14-18H2,1H3/t19?,21-,33+/m1/s1. The molecule has 238 valence electrons. The molecule has 45 heavy (non-hydrogen) atoms. The maximum atomic E-state index is 16.8. The average Bonchev–Trinajstić information content (AvgIpc) is 3.44. The van der Waals surface area contributed by atoms with Crippen LogP contribution in [0.15, 0.2) is 30.5 Å². The van der Waals surface area contributed by atoms with Gasteiger partial charge in [-0.3, -0.25) is 9.88 Å². The number of aromatic hydroxyl groups is 1. The van der Waals surface area contributed by atoms with Gasteiger partial charge in [0.05, 0.1) is 24.1 Å². The molecule has 0 bridgehead atoms. The van der Waals surface area contributed by atoms with E-state index in [4.69, 9.17) is 14.5 Å². The number of fused-ring (bicyclic) bond motifs is 3. The van der Waals surface area contributed by atoms with Gasteiger partial charge >= 0.3 is 6.01 Å². The third kappa shape index (κ3) is 5.32. The molecule has 12 heteroatoms. The number of halogens is 3. The second-order valence-electron chi connectivity index (χ2n) is 12.4. The zero-order valence-corrected chi connectivity index (χ0v) is 25.1. The number of aromatic nitrogens is 3. The normalized spacial score (nSPS) is 24.0. The Morgan fingerprint density at radius 2 is 2.02 bits per heavy atom. The van der Waals surface area contributed by atoms with Crippen molar-refractivity contribution in [1.82, 2.24) is 19.9 Å². The highest BCUT2D eigenvalue weighted by atomic mass is 19.1. The SMILES string of the molecule is CCc1c(F)ccc2cc(O)cc(-c3ncc4c(N5CCOCC(CO)C5)nc(OC[C@@]56CCCN5C[C@H](F)C6)nc4c3F)c12. The molecule has 3 fully saturated rings. The zero-order valence-electron chi connectivity index (χ0n) is 25.1. The summed E-state index contributed by atoms with van der Waals surface area (Å²) in [5.74, 6) is -1.11. The molecule has 0 amide bonds. The molecule has 4 aromatic rings. The summed E-state index contributed by atoms with van der Waals surface area (Å²) in [5.41, 5.74) is 0.0289. The summed E-state index contributed by atoms with van der Waals surface area (Å²) in [4.78, 5) is 17.8. The van der Waals surface area contributed by atoms with Crippen molar-refractivity contribution < 1.29 is 32.9 Å². The Hall–Kier alpha value is -3.74. The van der Waals surface area contributed by atoms with E-state index in [-0.39, 0.29) is 47.7 Å². The third-order valence-corrected chi connectivity index (χ3v) is 9.53. The van der Waals surface area contributed by atoms with E-state index in [9.17, 15) is 19.0 Å². The van der Waals surface area contributed by atoms with Crippen LogP contribution < -0.4 is 9.64 Å². The summed E-state index contributed by atoms with van der Waals surface area (Å²) in [7, 11) is 0. The summed E-state index contributed by atoms with van der Waals surface area (Å²) in [6.07, 6.45) is 2.99. The second kappa shape index (κ2) is 11.9. The van der Waals surface area contributed by atoms with Crippen LogP contribution in [0.2, 0.25) is 0 Å². The number of benzene rings is 2. The Labute approximate surface area is 258 Å². The van der Waals surface area contributed by atoms with Gasteiger partial charge in [-0.05, 0) is 60.3 Å². The van der Waals surface area contributed by atoms with Crippen molar-refractivity contribution >= 4 is 27.5 Å². The first-order valence-electron chi connectivity index (χ1n) is 15.6. The molecule has 9 nitrogen and oxygen atoms in total. The number of ether oxygens (including phenoxy) is 2. The monoisotopic (exact) mass is 623 g/mol. The maximum absolute atomic E-state index is 16.8. The molecule has 2 N–H and O–H groups in total. The van der Waals surface area contributed by atoms with Crippen LogP contribution in [-0.2, 0) is 11.2 Å². The van der Waals surface area contributed by atoms with Crippen LogP contribution in [0.25, 0.3) is 32.9 Å². The van der Waals surface area contributed by atoms with Gasteiger partial charge in [-0.1, -0.05) is 13.0 Å². The number of phenolic OH excluding ortho intramolecular Hbond substituents is 1. The molecule has 0 aliphatic carbocycles. The van der Waals surface area contributed by atoms with Crippen LogP contribution in [0.5, 0.6) is 11.8 Å². The van der Waals surface area contributed by atoms with Crippen molar-refractivity contribution in [2.45, 2.75) is 44.3 Å². The Balaban J connectivity index is 1.38. The van der Waals surface area contributed by atoms with Crippen molar-refractivity contribution in [2.24, 2.45) is 5.92 Å². The van der Waals surface area contributed by atoms with Crippen LogP contribution in [0, 0.1) is 17.6 Å². The van der Waals surface area contributed by atoms with Crippen molar-refractivity contribution in [3.63, 3.8) is 0 Å². The second-order valence-corrected chi connectivity index (χ2v) is 12.4. The smallest absolute Gasteiger partial charge is 0.319 e. The Bertz CT molecular complexity index is 1760. The minimum atomic E-state index is -0.935. The molecule has 5 heterocycles. The number of aryl methyl sites for hydroxylation is 1. The summed E-state index contributed by atoms with van der Waals surface area (Å²) < 4.78 is 58.0. The van der Waals surface area contributed by atoms with Crippen molar-refractivity contribution in [3.8, 4) is 23.0 Å². The van der Waals surface area contributed by atoms with Crippen LogP contribution in [0.3, 0.4) is 0 Å². The van der Waals surface area contributed by atoms with Gasteiger partial charge in [0, 0.05) is 50.3 Å². The number of hydrogen-bond acceptors (Lipinski definition) is 9. The fourth-order valence-electron chi connectivity index (χ4n) is 7.38. The number of aliphatic hydroxyl groups is 1. The average molecular weight is 624 g/mol. The molecule has 0 saturated carbocycles. The number of phenols is 1. The first-order chi connectivity index (χ1) is 21.8. The lowest BCUT2D eigenvalue weighted by Gasteiger charge is -2.31. The molecule has 3 saturated heterocycles. The van der Waals surface area contributed by atoms with Gasteiger partial charge in [0.25, 0.3) is 0 Å². The van der Waals surface area contributed by atoms with E-state index in [0.29, 0.717) is 73.2 Å². The number of nitrogens with zero attached hydrogens (tertiary/aromatic N) is 5. The summed E-state index contributed by atoms with van der Waals surface area (Å²) in [6, 6.07) is 5.73. The van der Waals surface area contributed by atoms with Gasteiger partial charge in [-0.2, -0.15) is 9.97 Å². The topological polar surface area (TPSA) is 104 Å². The lowest BCUT2D eigenvalue weighted by atomic mass is 9.94. The van der Waals surface area contributed by atoms with E-state index in [1.807, 2.05) is 11.8 Å². The minimum absolute atomic E-state index is 0.0489. The quantitative estimate of drug-likeness (QED) is 0.301. The highest BCUT2D eigenvalue weighted by Gasteiger charge is 2.49. The summed E-state index contributed by atoms with van der Waals surface area (Å²) >= 11 is 0. The fraction of sp³-hybridized carbons (Fsp3) is 0.485. The third-order valence-electron chi connectivity index (χ3n) is 9.53. The first-order valence-corrected chi connectivity index (χ1v) is 15.6. The number of rotatable bonds is 7. The molecule has 3 aliphatic rings. The lowest BCUT2D eigenvalue weighted by Crippen LogP contribution is -2.43. The van der Waals surface area contributed by atoms with Gasteiger partial charge in [0.15, 0.2) is 5.82 Å². The zero-order chi connectivity index (χ0) is 31.3. The molecular weight excluding hydrogens is 587 g/mol. The Morgan fingerprint density at radius 3 is 2.84 bits per heavy atom. The van der Waals surface area contributed by atoms with E-state index in [1.165, 1.54) is 24.4 Å². The van der Waals surface area contributed by atoms with Gasteiger partial charge in [-0.25, -0.2) is 13.2 Å². The molecule has 0 spiro atoms. The first kappa shape index (κ1) is 29.9. The number of aliphatic hydroxyl groups excluding tert-OH is 1. The van der Waals surface area contributed by atoms with Crippen LogP contribution in [-0.4, -0.2) is 94.4 Å². The molecule has 0 radical (unpaired) electrons. The van der Waals surface area contributed by atoms with Crippen molar-refractivity contribution in [3.05, 3.63) is 47.7 Å². The van der Waals surface area contributed by atoms with E-state index in [1.54, 1.807) is 6.07 Å². The largest absolute Gasteiger partial charge is 0.508 e. The molecule has 3 atom stereocenters. The minimum Gasteiger partial charge on any atom is -0.508 e. The Morgan fingerprint density at radius 1 is 1.16 bits per heavy atom. The lowest BCUT2D eigenvalue weighted by molar-refractivity contribution is 0.0959. The molecule has 2 aromatic carbocycles. The molecule has 7 rings (SSSR count). The summed E-state index contributed by atoms with van der Waals surface area (Å²) in [5, 5.41) is 21.8. The van der Waals surface area contributed by atoms with Crippen LogP contribution >= 0.6 is 0 Å². The van der Waals surface area contributed by atoms with Gasteiger partial charge < -0.3 is 24.6 Å². The molecular formula is C33H36F3N5O4. The molecule has 3 aliphatic heterocycles. The maximum Gasteiger partial charge on any atom is 0.319 e. The van der Waals surface area contributed by atoms with E-state index >= 15 is 4.39 Å². The number of alkyl halides is 1. The number of pyridine rings is 1. The highest BCUT2D eigenvalue weighted by molar-refractivity contribution is 6.01. The fourth-order valence-corrected chi connectivity index (χ4v) is 7.38.